The zero-order valence-electron chi connectivity index (χ0n) is 23.7. The van der Waals surface area contributed by atoms with E-state index in [0.29, 0.717) is 36.4 Å². The molecule has 0 saturated carbocycles. The van der Waals surface area contributed by atoms with E-state index in [1.165, 1.54) is 49.2 Å². The largest absolute Gasteiger partial charge is 0.324 e. The molecule has 2 amide bonds. The fourth-order valence-electron chi connectivity index (χ4n) is 5.03. The van der Waals surface area contributed by atoms with E-state index in [4.69, 9.17) is 23.2 Å². The van der Waals surface area contributed by atoms with Gasteiger partial charge in [0.05, 0.1) is 44.4 Å². The lowest BCUT2D eigenvalue weighted by Crippen LogP contribution is -2.42. The summed E-state index contributed by atoms with van der Waals surface area (Å²) in [5, 5.41) is 27.0. The first kappa shape index (κ1) is 33.2. The molecule has 2 aliphatic heterocycles. The fraction of sp³-hybridized carbons (Fsp3) is 0.500. The Kier molecular flexibility index (Phi) is 12.5. The topological polar surface area (TPSA) is 151 Å². The Morgan fingerprint density at radius 1 is 0.833 bits per heavy atom. The molecule has 2 fully saturated rings. The number of nitrogens with zero attached hydrogens (tertiary/aromatic N) is 4. The van der Waals surface area contributed by atoms with Gasteiger partial charge in [-0.15, -0.1) is 0 Å². The van der Waals surface area contributed by atoms with E-state index in [-0.39, 0.29) is 33.2 Å². The van der Waals surface area contributed by atoms with Crippen molar-refractivity contribution in [1.29, 1.82) is 0 Å². The lowest BCUT2D eigenvalue weighted by Gasteiger charge is -2.32. The van der Waals surface area contributed by atoms with E-state index in [1.807, 2.05) is 0 Å². The van der Waals surface area contributed by atoms with Crippen molar-refractivity contribution in [2.45, 2.75) is 52.0 Å². The van der Waals surface area contributed by atoms with Crippen molar-refractivity contribution < 1.29 is 19.4 Å². The number of anilines is 2. The normalized spacial score (nSPS) is 19.2. The smallest absolute Gasteiger partial charge is 0.271 e. The summed E-state index contributed by atoms with van der Waals surface area (Å²) in [6.07, 6.45) is 5.72. The maximum absolute atomic E-state index is 12.1. The van der Waals surface area contributed by atoms with Crippen molar-refractivity contribution in [3.8, 4) is 0 Å². The number of nitro benzene ring substituents is 2. The molecule has 2 heterocycles. The molecule has 0 bridgehead atoms. The van der Waals surface area contributed by atoms with Gasteiger partial charge in [0, 0.05) is 36.9 Å². The van der Waals surface area contributed by atoms with Gasteiger partial charge in [0.25, 0.3) is 11.4 Å². The van der Waals surface area contributed by atoms with Crippen molar-refractivity contribution in [1.82, 2.24) is 9.80 Å². The number of hydrogen-bond donors (Lipinski definition) is 2. The molecule has 2 aliphatic rings. The molecule has 14 heteroatoms. The zero-order valence-corrected chi connectivity index (χ0v) is 25.2. The molecule has 2 saturated heterocycles. The second-order valence-corrected chi connectivity index (χ2v) is 11.6. The summed E-state index contributed by atoms with van der Waals surface area (Å²) in [4.78, 5) is 48.5. The van der Waals surface area contributed by atoms with Gasteiger partial charge in [-0.2, -0.15) is 0 Å². The Hall–Kier alpha value is -3.32. The van der Waals surface area contributed by atoms with Crippen LogP contribution in [0.4, 0.5) is 22.7 Å². The van der Waals surface area contributed by atoms with Gasteiger partial charge in [-0.05, 0) is 63.7 Å². The molecule has 4 rings (SSSR count). The van der Waals surface area contributed by atoms with Crippen LogP contribution in [-0.4, -0.2) is 70.2 Å². The monoisotopic (exact) mass is 622 g/mol. The zero-order chi connectivity index (χ0) is 30.8. The molecule has 0 spiro atoms. The number of carbonyl (C=O) groups is 2. The van der Waals surface area contributed by atoms with E-state index in [2.05, 4.69) is 34.3 Å². The molecule has 0 aliphatic carbocycles. The van der Waals surface area contributed by atoms with Crippen molar-refractivity contribution in [2.75, 3.05) is 43.4 Å². The lowest BCUT2D eigenvalue weighted by atomic mass is 10.0. The summed E-state index contributed by atoms with van der Waals surface area (Å²) in [5.41, 5.74) is 0.611. The summed E-state index contributed by atoms with van der Waals surface area (Å²) < 4.78 is 0. The van der Waals surface area contributed by atoms with Crippen LogP contribution >= 0.6 is 23.2 Å². The van der Waals surface area contributed by atoms with Gasteiger partial charge in [-0.1, -0.05) is 36.5 Å². The molecule has 2 aromatic carbocycles. The average Bonchev–Trinajstić information content (AvgIpc) is 2.92. The van der Waals surface area contributed by atoms with E-state index in [9.17, 15) is 29.8 Å². The summed E-state index contributed by atoms with van der Waals surface area (Å²) in [5.74, 6) is 0.300. The van der Waals surface area contributed by atoms with Crippen molar-refractivity contribution >= 4 is 57.8 Å². The van der Waals surface area contributed by atoms with E-state index in [0.717, 1.165) is 38.9 Å². The van der Waals surface area contributed by atoms with Crippen molar-refractivity contribution in [2.24, 2.45) is 5.92 Å². The number of nitro groups is 2. The van der Waals surface area contributed by atoms with Crippen molar-refractivity contribution in [3.63, 3.8) is 0 Å². The molecule has 228 valence electrons. The van der Waals surface area contributed by atoms with Crippen LogP contribution in [0.5, 0.6) is 0 Å². The van der Waals surface area contributed by atoms with Crippen molar-refractivity contribution in [3.05, 3.63) is 66.7 Å². The SMILES string of the molecule is CC1CCCCN1CC(=O)Nc1ccc([N+](=O)[O-])cc1Cl.CC1CCCN(CC(=O)Nc2ccc([N+](=O)[O-])cc2Cl)C1. The third kappa shape index (κ3) is 10.2. The minimum absolute atomic E-state index is 0.0946. The third-order valence-corrected chi connectivity index (χ3v) is 7.90. The first-order valence-electron chi connectivity index (χ1n) is 13.9. The van der Waals surface area contributed by atoms with Crippen LogP contribution < -0.4 is 10.6 Å². The highest BCUT2D eigenvalue weighted by Gasteiger charge is 2.22. The van der Waals surface area contributed by atoms with E-state index < -0.39 is 9.85 Å². The van der Waals surface area contributed by atoms with E-state index in [1.54, 1.807) is 0 Å². The molecule has 2 atom stereocenters. The second-order valence-electron chi connectivity index (χ2n) is 10.7. The highest BCUT2D eigenvalue weighted by Crippen LogP contribution is 2.28. The highest BCUT2D eigenvalue weighted by atomic mass is 35.5. The Morgan fingerprint density at radius 2 is 1.38 bits per heavy atom. The van der Waals surface area contributed by atoms with Gasteiger partial charge in [0.1, 0.15) is 0 Å². The first-order chi connectivity index (χ1) is 19.9. The Balaban J connectivity index is 0.000000230. The maximum Gasteiger partial charge on any atom is 0.271 e. The molecular weight excluding hydrogens is 587 g/mol. The van der Waals surface area contributed by atoms with E-state index >= 15 is 0 Å². The van der Waals surface area contributed by atoms with Crippen LogP contribution in [0.15, 0.2) is 36.4 Å². The molecule has 0 aromatic heterocycles. The molecule has 12 nitrogen and oxygen atoms in total. The standard InChI is InChI=1S/2C14H18ClN3O3/c1-10-3-2-6-17(8-10)9-14(19)16-13-5-4-11(18(20)21)7-12(13)15;1-10-4-2-3-7-17(10)9-14(19)16-13-6-5-11(18(20)21)8-12(13)15/h4-5,7,10H,2-3,6,8-9H2,1H3,(H,16,19);5-6,8,10H,2-4,7,9H2,1H3,(H,16,19). The highest BCUT2D eigenvalue weighted by molar-refractivity contribution is 6.34. The first-order valence-corrected chi connectivity index (χ1v) is 14.6. The molecule has 2 unspecified atom stereocenters. The third-order valence-electron chi connectivity index (χ3n) is 7.27. The van der Waals surface area contributed by atoms with Gasteiger partial charge < -0.3 is 10.6 Å². The Bertz CT molecular complexity index is 1300. The van der Waals surface area contributed by atoms with Crippen LogP contribution in [0.2, 0.25) is 10.0 Å². The average molecular weight is 624 g/mol. The van der Waals surface area contributed by atoms with Crippen LogP contribution in [0.3, 0.4) is 0 Å². The summed E-state index contributed by atoms with van der Waals surface area (Å²) >= 11 is 11.9. The number of non-ortho nitro benzene ring substituents is 2. The predicted octanol–water partition coefficient (Wildman–Crippen LogP) is 5.98. The number of hydrogen-bond acceptors (Lipinski definition) is 8. The number of benzene rings is 2. The predicted molar refractivity (Wildman–Crippen MR) is 163 cm³/mol. The number of rotatable bonds is 8. The maximum atomic E-state index is 12.1. The van der Waals surface area contributed by atoms with Crippen LogP contribution in [0.1, 0.15) is 46.0 Å². The number of halogens is 2. The van der Waals surface area contributed by atoms with Crippen LogP contribution in [0, 0.1) is 26.1 Å². The summed E-state index contributed by atoms with van der Waals surface area (Å²) in [7, 11) is 0. The fourth-order valence-corrected chi connectivity index (χ4v) is 5.47. The van der Waals surface area contributed by atoms with Crippen LogP contribution in [0.25, 0.3) is 0 Å². The molecule has 0 radical (unpaired) electrons. The van der Waals surface area contributed by atoms with Gasteiger partial charge >= 0.3 is 0 Å². The lowest BCUT2D eigenvalue weighted by molar-refractivity contribution is -0.385. The van der Waals surface area contributed by atoms with Gasteiger partial charge in [-0.3, -0.25) is 39.6 Å². The minimum atomic E-state index is -0.521. The van der Waals surface area contributed by atoms with Gasteiger partial charge in [-0.25, -0.2) is 0 Å². The van der Waals surface area contributed by atoms with Gasteiger partial charge in [0.2, 0.25) is 11.8 Å². The second kappa shape index (κ2) is 15.8. The number of piperidine rings is 2. The summed E-state index contributed by atoms with van der Waals surface area (Å²) in [6.45, 7) is 7.68. The molecule has 42 heavy (non-hydrogen) atoms. The number of likely N-dealkylation sites (tertiary alicyclic amines) is 2. The molecule has 2 aromatic rings. The molecular formula is C28H36Cl2N6O6. The quantitative estimate of drug-likeness (QED) is 0.269. The Morgan fingerprint density at radius 3 is 1.86 bits per heavy atom. The Labute approximate surface area is 254 Å². The minimum Gasteiger partial charge on any atom is -0.324 e. The summed E-state index contributed by atoms with van der Waals surface area (Å²) in [6, 6.07) is 8.43. The number of amides is 2. The number of nitrogens with one attached hydrogen (secondary N) is 2. The van der Waals surface area contributed by atoms with Gasteiger partial charge in [0.15, 0.2) is 0 Å². The molecule has 2 N–H and O–H groups in total. The number of carbonyl (C=O) groups excluding carboxylic acids is 2. The van der Waals surface area contributed by atoms with Crippen LogP contribution in [-0.2, 0) is 9.59 Å².